The SMILES string of the molecule is CN(CC1CCCCO1)C(=S)Nc1ccccc1. The molecule has 1 aromatic carbocycles. The van der Waals surface area contributed by atoms with Crippen molar-refractivity contribution < 1.29 is 4.74 Å². The smallest absolute Gasteiger partial charge is 0.173 e. The third kappa shape index (κ3) is 3.96. The van der Waals surface area contributed by atoms with Crippen molar-refractivity contribution in [2.75, 3.05) is 25.5 Å². The highest BCUT2D eigenvalue weighted by molar-refractivity contribution is 7.80. The topological polar surface area (TPSA) is 24.5 Å². The van der Waals surface area contributed by atoms with Crippen LogP contribution in [0.25, 0.3) is 0 Å². The second-order valence-electron chi connectivity index (χ2n) is 4.67. The van der Waals surface area contributed by atoms with Crippen molar-refractivity contribution >= 4 is 23.0 Å². The van der Waals surface area contributed by atoms with Crippen LogP contribution in [0.4, 0.5) is 5.69 Å². The maximum atomic E-state index is 5.72. The Morgan fingerprint density at radius 1 is 1.39 bits per heavy atom. The van der Waals surface area contributed by atoms with E-state index >= 15 is 0 Å². The zero-order chi connectivity index (χ0) is 12.8. The zero-order valence-corrected chi connectivity index (χ0v) is 11.6. The minimum Gasteiger partial charge on any atom is -0.376 e. The zero-order valence-electron chi connectivity index (χ0n) is 10.8. The summed E-state index contributed by atoms with van der Waals surface area (Å²) in [4.78, 5) is 2.05. The molecule has 3 nitrogen and oxygen atoms in total. The van der Waals surface area contributed by atoms with E-state index < -0.39 is 0 Å². The number of hydrogen-bond donors (Lipinski definition) is 1. The highest BCUT2D eigenvalue weighted by Gasteiger charge is 2.17. The predicted octanol–water partition coefficient (Wildman–Crippen LogP) is 2.88. The van der Waals surface area contributed by atoms with Gasteiger partial charge in [-0.3, -0.25) is 0 Å². The first-order valence-electron chi connectivity index (χ1n) is 6.44. The van der Waals surface area contributed by atoms with Gasteiger partial charge in [-0.05, 0) is 43.6 Å². The van der Waals surface area contributed by atoms with Gasteiger partial charge in [-0.1, -0.05) is 18.2 Å². The Morgan fingerprint density at radius 3 is 2.83 bits per heavy atom. The molecule has 1 N–H and O–H groups in total. The van der Waals surface area contributed by atoms with E-state index in [4.69, 9.17) is 17.0 Å². The van der Waals surface area contributed by atoms with Gasteiger partial charge in [0.1, 0.15) is 0 Å². The third-order valence-corrected chi connectivity index (χ3v) is 3.54. The number of para-hydroxylation sites is 1. The predicted molar refractivity (Wildman–Crippen MR) is 78.9 cm³/mol. The molecule has 1 aromatic rings. The van der Waals surface area contributed by atoms with E-state index in [1.165, 1.54) is 12.8 Å². The molecule has 0 radical (unpaired) electrons. The molecule has 1 aliphatic heterocycles. The van der Waals surface area contributed by atoms with E-state index in [-0.39, 0.29) is 0 Å². The lowest BCUT2D eigenvalue weighted by Gasteiger charge is -2.29. The largest absolute Gasteiger partial charge is 0.376 e. The van der Waals surface area contributed by atoms with Crippen LogP contribution in [0.2, 0.25) is 0 Å². The van der Waals surface area contributed by atoms with Crippen molar-refractivity contribution in [3.8, 4) is 0 Å². The molecule has 0 spiro atoms. The van der Waals surface area contributed by atoms with Crippen molar-refractivity contribution in [1.82, 2.24) is 4.90 Å². The number of anilines is 1. The molecule has 0 aliphatic carbocycles. The molecular weight excluding hydrogens is 244 g/mol. The number of nitrogens with one attached hydrogen (secondary N) is 1. The van der Waals surface area contributed by atoms with E-state index in [1.54, 1.807) is 0 Å². The van der Waals surface area contributed by atoms with Crippen LogP contribution in [-0.4, -0.2) is 36.3 Å². The Balaban J connectivity index is 1.81. The number of hydrogen-bond acceptors (Lipinski definition) is 2. The molecule has 1 fully saturated rings. The van der Waals surface area contributed by atoms with Gasteiger partial charge < -0.3 is 15.0 Å². The summed E-state index contributed by atoms with van der Waals surface area (Å²) in [7, 11) is 2.01. The maximum Gasteiger partial charge on any atom is 0.173 e. The third-order valence-electron chi connectivity index (χ3n) is 3.12. The molecule has 0 bridgehead atoms. The lowest BCUT2D eigenvalue weighted by Crippen LogP contribution is -2.39. The van der Waals surface area contributed by atoms with Gasteiger partial charge in [0, 0.05) is 25.9 Å². The molecule has 0 aromatic heterocycles. The quantitative estimate of drug-likeness (QED) is 0.849. The van der Waals surface area contributed by atoms with Crippen LogP contribution in [0.3, 0.4) is 0 Å². The lowest BCUT2D eigenvalue weighted by atomic mass is 10.1. The summed E-state index contributed by atoms with van der Waals surface area (Å²) in [6.07, 6.45) is 3.90. The highest BCUT2D eigenvalue weighted by Crippen LogP contribution is 2.14. The second-order valence-corrected chi connectivity index (χ2v) is 5.05. The number of rotatable bonds is 3. The summed E-state index contributed by atoms with van der Waals surface area (Å²) >= 11 is 5.39. The summed E-state index contributed by atoms with van der Waals surface area (Å²) in [6, 6.07) is 10.0. The van der Waals surface area contributed by atoms with Crippen molar-refractivity contribution in [3.63, 3.8) is 0 Å². The van der Waals surface area contributed by atoms with Crippen LogP contribution >= 0.6 is 12.2 Å². The van der Waals surface area contributed by atoms with Gasteiger partial charge in [0.15, 0.2) is 5.11 Å². The first-order valence-corrected chi connectivity index (χ1v) is 6.85. The van der Waals surface area contributed by atoms with Gasteiger partial charge in [-0.15, -0.1) is 0 Å². The monoisotopic (exact) mass is 264 g/mol. The van der Waals surface area contributed by atoms with Crippen LogP contribution in [0, 0.1) is 0 Å². The van der Waals surface area contributed by atoms with Crippen LogP contribution in [-0.2, 0) is 4.74 Å². The number of nitrogens with zero attached hydrogens (tertiary/aromatic N) is 1. The van der Waals surface area contributed by atoms with Crippen molar-refractivity contribution in [3.05, 3.63) is 30.3 Å². The summed E-state index contributed by atoms with van der Waals surface area (Å²) in [5.41, 5.74) is 1.03. The van der Waals surface area contributed by atoms with Gasteiger partial charge >= 0.3 is 0 Å². The molecule has 1 atom stereocenters. The fourth-order valence-corrected chi connectivity index (χ4v) is 2.27. The van der Waals surface area contributed by atoms with Gasteiger partial charge in [0.05, 0.1) is 6.10 Å². The first-order chi connectivity index (χ1) is 8.75. The molecule has 98 valence electrons. The second kappa shape index (κ2) is 6.71. The highest BCUT2D eigenvalue weighted by atomic mass is 32.1. The average Bonchev–Trinajstić information content (AvgIpc) is 2.41. The molecule has 0 saturated carbocycles. The minimum atomic E-state index is 0.319. The lowest BCUT2D eigenvalue weighted by molar-refractivity contribution is 0.00742. The molecule has 0 amide bonds. The molecule has 1 heterocycles. The molecular formula is C14H20N2OS. The number of thiocarbonyl (C=S) groups is 1. The molecule has 1 aliphatic rings. The van der Waals surface area contributed by atoms with E-state index in [2.05, 4.69) is 10.2 Å². The molecule has 4 heteroatoms. The Morgan fingerprint density at radius 2 is 2.17 bits per heavy atom. The summed E-state index contributed by atoms with van der Waals surface area (Å²) in [6.45, 7) is 1.75. The summed E-state index contributed by atoms with van der Waals surface area (Å²) in [5, 5.41) is 3.98. The van der Waals surface area contributed by atoms with Gasteiger partial charge in [0.25, 0.3) is 0 Å². The maximum absolute atomic E-state index is 5.72. The summed E-state index contributed by atoms with van der Waals surface area (Å²) < 4.78 is 5.72. The van der Waals surface area contributed by atoms with E-state index in [1.807, 2.05) is 37.4 Å². The number of likely N-dealkylation sites (N-methyl/N-ethyl adjacent to an activating group) is 1. The van der Waals surface area contributed by atoms with Gasteiger partial charge in [0.2, 0.25) is 0 Å². The normalized spacial score (nSPS) is 19.3. The number of benzene rings is 1. The molecule has 18 heavy (non-hydrogen) atoms. The fraction of sp³-hybridized carbons (Fsp3) is 0.500. The van der Waals surface area contributed by atoms with Crippen molar-refractivity contribution in [2.24, 2.45) is 0 Å². The fourth-order valence-electron chi connectivity index (χ4n) is 2.08. The molecule has 1 unspecified atom stereocenters. The van der Waals surface area contributed by atoms with Gasteiger partial charge in [-0.2, -0.15) is 0 Å². The standard InChI is InChI=1S/C14H20N2OS/c1-16(11-13-9-5-6-10-17-13)14(18)15-12-7-3-2-4-8-12/h2-4,7-8,13H,5-6,9-11H2,1H3,(H,15,18). The summed E-state index contributed by atoms with van der Waals surface area (Å²) in [5.74, 6) is 0. The molecule has 2 rings (SSSR count). The van der Waals surface area contributed by atoms with E-state index in [9.17, 15) is 0 Å². The minimum absolute atomic E-state index is 0.319. The van der Waals surface area contributed by atoms with Gasteiger partial charge in [-0.25, -0.2) is 0 Å². The van der Waals surface area contributed by atoms with Crippen molar-refractivity contribution in [2.45, 2.75) is 25.4 Å². The molecule has 1 saturated heterocycles. The number of ether oxygens (including phenoxy) is 1. The van der Waals surface area contributed by atoms with Crippen LogP contribution in [0.5, 0.6) is 0 Å². The van der Waals surface area contributed by atoms with Crippen molar-refractivity contribution in [1.29, 1.82) is 0 Å². The van der Waals surface area contributed by atoms with Crippen LogP contribution in [0.15, 0.2) is 30.3 Å². The van der Waals surface area contributed by atoms with E-state index in [0.717, 1.165) is 30.4 Å². The average molecular weight is 264 g/mol. The van der Waals surface area contributed by atoms with Crippen LogP contribution < -0.4 is 5.32 Å². The Kier molecular flexibility index (Phi) is 4.96. The van der Waals surface area contributed by atoms with E-state index in [0.29, 0.717) is 6.10 Å². The Hall–Kier alpha value is -1.13. The first kappa shape index (κ1) is 13.3. The Labute approximate surface area is 114 Å². The van der Waals surface area contributed by atoms with Crippen LogP contribution in [0.1, 0.15) is 19.3 Å². The Bertz CT molecular complexity index is 377.